The molecule has 5 heteroatoms. The Morgan fingerprint density at radius 1 is 1.28 bits per heavy atom. The summed E-state index contributed by atoms with van der Waals surface area (Å²) in [7, 11) is -3.25. The zero-order valence-electron chi connectivity index (χ0n) is 11.2. The van der Waals surface area contributed by atoms with Gasteiger partial charge in [-0.15, -0.1) is 0 Å². The van der Waals surface area contributed by atoms with Crippen LogP contribution in [0.3, 0.4) is 0 Å². The molecule has 0 spiro atoms. The lowest BCUT2D eigenvalue weighted by Crippen LogP contribution is -2.21. The van der Waals surface area contributed by atoms with Crippen LogP contribution < -0.4 is 4.72 Å². The predicted molar refractivity (Wildman–Crippen MR) is 85.4 cm³/mol. The third-order valence-corrected chi connectivity index (χ3v) is 5.02. The molecule has 1 rings (SSSR count). The summed E-state index contributed by atoms with van der Waals surface area (Å²) in [6, 6.07) is 5.57. The van der Waals surface area contributed by atoms with Crippen molar-refractivity contribution < 1.29 is 8.42 Å². The summed E-state index contributed by atoms with van der Waals surface area (Å²) in [5.41, 5.74) is 1.81. The van der Waals surface area contributed by atoms with E-state index in [1.54, 1.807) is 6.07 Å². The summed E-state index contributed by atoms with van der Waals surface area (Å²) in [4.78, 5) is 0. The molecule has 0 unspecified atom stereocenters. The van der Waals surface area contributed by atoms with E-state index >= 15 is 0 Å². The number of nitrogens with one attached hydrogen (secondary N) is 1. The van der Waals surface area contributed by atoms with Crippen molar-refractivity contribution in [2.24, 2.45) is 5.41 Å². The average molecular weight is 381 g/mol. The third-order valence-electron chi connectivity index (χ3n) is 2.57. The Morgan fingerprint density at radius 3 is 2.39 bits per heavy atom. The Labute approximate surface area is 124 Å². The molecule has 0 aliphatic carbocycles. The van der Waals surface area contributed by atoms with Crippen LogP contribution in [-0.4, -0.2) is 14.2 Å². The maximum Gasteiger partial charge on any atom is 0.232 e. The highest BCUT2D eigenvalue weighted by Crippen LogP contribution is 2.21. The first-order valence-electron chi connectivity index (χ1n) is 5.86. The molecule has 0 bridgehead atoms. The number of halogens is 1. The van der Waals surface area contributed by atoms with Gasteiger partial charge in [0.15, 0.2) is 0 Å². The van der Waals surface area contributed by atoms with E-state index in [4.69, 9.17) is 0 Å². The number of rotatable bonds is 4. The van der Waals surface area contributed by atoms with Crippen LogP contribution >= 0.6 is 22.6 Å². The lowest BCUT2D eigenvalue weighted by atomic mass is 9.94. The van der Waals surface area contributed by atoms with Crippen LogP contribution in [0.2, 0.25) is 0 Å². The molecule has 1 aromatic carbocycles. The van der Waals surface area contributed by atoms with Crippen molar-refractivity contribution in [1.29, 1.82) is 0 Å². The molecule has 0 heterocycles. The highest BCUT2D eigenvalue weighted by atomic mass is 127. The zero-order chi connectivity index (χ0) is 14.0. The fourth-order valence-electron chi connectivity index (χ4n) is 1.33. The third kappa shape index (κ3) is 5.56. The van der Waals surface area contributed by atoms with E-state index in [0.29, 0.717) is 12.1 Å². The molecule has 1 aromatic rings. The number of hydrogen-bond donors (Lipinski definition) is 1. The summed E-state index contributed by atoms with van der Waals surface area (Å²) in [5, 5.41) is 0. The minimum Gasteiger partial charge on any atom is -0.284 e. The summed E-state index contributed by atoms with van der Waals surface area (Å²) in [5.74, 6) is 0.154. The molecular formula is C13H20INO2S. The molecule has 0 saturated carbocycles. The van der Waals surface area contributed by atoms with Gasteiger partial charge in [0.2, 0.25) is 10.0 Å². The Bertz CT molecular complexity index is 518. The highest BCUT2D eigenvalue weighted by Gasteiger charge is 2.17. The lowest BCUT2D eigenvalue weighted by Gasteiger charge is -2.18. The molecule has 0 saturated heterocycles. The number of sulfonamides is 1. The van der Waals surface area contributed by atoms with E-state index in [2.05, 4.69) is 27.3 Å². The molecule has 18 heavy (non-hydrogen) atoms. The van der Waals surface area contributed by atoms with Crippen LogP contribution in [0.15, 0.2) is 18.2 Å². The SMILES string of the molecule is Cc1ccc(NS(=O)(=O)CCC(C)(C)C)cc1I. The van der Waals surface area contributed by atoms with Crippen LogP contribution in [0.4, 0.5) is 5.69 Å². The number of aryl methyl sites for hydroxylation is 1. The summed E-state index contributed by atoms with van der Waals surface area (Å²) < 4.78 is 27.5. The van der Waals surface area contributed by atoms with Gasteiger partial charge in [0.1, 0.15) is 0 Å². The fourth-order valence-corrected chi connectivity index (χ4v) is 3.31. The van der Waals surface area contributed by atoms with Crippen LogP contribution in [0.5, 0.6) is 0 Å². The Kier molecular flexibility index (Phi) is 5.05. The van der Waals surface area contributed by atoms with Gasteiger partial charge in [-0.05, 0) is 59.0 Å². The van der Waals surface area contributed by atoms with Crippen molar-refractivity contribution >= 4 is 38.3 Å². The first kappa shape index (κ1) is 15.8. The van der Waals surface area contributed by atoms with Crippen molar-refractivity contribution in [3.63, 3.8) is 0 Å². The Balaban J connectivity index is 2.74. The predicted octanol–water partition coefficient (Wildman–Crippen LogP) is 3.78. The van der Waals surface area contributed by atoms with Crippen LogP contribution in [0, 0.1) is 15.9 Å². The molecule has 0 atom stereocenters. The van der Waals surface area contributed by atoms with Gasteiger partial charge in [0.05, 0.1) is 5.75 Å². The largest absolute Gasteiger partial charge is 0.284 e. The second kappa shape index (κ2) is 5.77. The monoisotopic (exact) mass is 381 g/mol. The molecule has 0 amide bonds. The molecule has 3 nitrogen and oxygen atoms in total. The van der Waals surface area contributed by atoms with Crippen molar-refractivity contribution in [2.75, 3.05) is 10.5 Å². The molecule has 0 aromatic heterocycles. The van der Waals surface area contributed by atoms with Gasteiger partial charge in [-0.3, -0.25) is 4.72 Å². The van der Waals surface area contributed by atoms with Crippen molar-refractivity contribution in [3.05, 3.63) is 27.3 Å². The standard InChI is InChI=1S/C13H20INO2S/c1-10-5-6-11(9-12(10)14)15-18(16,17)8-7-13(2,3)4/h5-6,9,15H,7-8H2,1-4H3. The second-order valence-corrected chi connectivity index (χ2v) is 8.70. The summed E-state index contributed by atoms with van der Waals surface area (Å²) in [6.45, 7) is 8.12. The van der Waals surface area contributed by atoms with E-state index in [1.807, 2.05) is 39.8 Å². The zero-order valence-corrected chi connectivity index (χ0v) is 14.2. The number of hydrogen-bond acceptors (Lipinski definition) is 2. The highest BCUT2D eigenvalue weighted by molar-refractivity contribution is 14.1. The van der Waals surface area contributed by atoms with Gasteiger partial charge < -0.3 is 0 Å². The summed E-state index contributed by atoms with van der Waals surface area (Å²) in [6.07, 6.45) is 0.644. The fraction of sp³-hybridized carbons (Fsp3) is 0.538. The minimum atomic E-state index is -3.25. The average Bonchev–Trinajstić information content (AvgIpc) is 2.20. The van der Waals surface area contributed by atoms with Gasteiger partial charge in [-0.2, -0.15) is 0 Å². The van der Waals surface area contributed by atoms with Crippen molar-refractivity contribution in [3.8, 4) is 0 Å². The normalized spacial score (nSPS) is 12.5. The van der Waals surface area contributed by atoms with Crippen molar-refractivity contribution in [2.45, 2.75) is 34.1 Å². The van der Waals surface area contributed by atoms with Gasteiger partial charge >= 0.3 is 0 Å². The first-order valence-corrected chi connectivity index (χ1v) is 8.59. The Hall–Kier alpha value is -0.300. The number of benzene rings is 1. The van der Waals surface area contributed by atoms with E-state index < -0.39 is 10.0 Å². The quantitative estimate of drug-likeness (QED) is 0.807. The Morgan fingerprint density at radius 2 is 1.89 bits per heavy atom. The van der Waals surface area contributed by atoms with E-state index in [0.717, 1.165) is 9.13 Å². The van der Waals surface area contributed by atoms with Gasteiger partial charge in [0.25, 0.3) is 0 Å². The maximum absolute atomic E-state index is 11.9. The molecule has 0 fully saturated rings. The van der Waals surface area contributed by atoms with E-state index in [-0.39, 0.29) is 11.2 Å². The lowest BCUT2D eigenvalue weighted by molar-refractivity contribution is 0.397. The molecule has 0 radical (unpaired) electrons. The van der Waals surface area contributed by atoms with Gasteiger partial charge in [-0.25, -0.2) is 8.42 Å². The van der Waals surface area contributed by atoms with E-state index in [9.17, 15) is 8.42 Å². The summed E-state index contributed by atoms with van der Waals surface area (Å²) >= 11 is 2.20. The van der Waals surface area contributed by atoms with Crippen molar-refractivity contribution in [1.82, 2.24) is 0 Å². The van der Waals surface area contributed by atoms with Gasteiger partial charge in [-0.1, -0.05) is 26.8 Å². The number of anilines is 1. The van der Waals surface area contributed by atoms with E-state index in [1.165, 1.54) is 0 Å². The van der Waals surface area contributed by atoms with Gasteiger partial charge in [0, 0.05) is 9.26 Å². The molecule has 0 aliphatic rings. The van der Waals surface area contributed by atoms with Crippen LogP contribution in [0.25, 0.3) is 0 Å². The molecule has 0 aliphatic heterocycles. The van der Waals surface area contributed by atoms with Crippen LogP contribution in [-0.2, 0) is 10.0 Å². The molecule has 1 N–H and O–H groups in total. The smallest absolute Gasteiger partial charge is 0.232 e. The molecular weight excluding hydrogens is 361 g/mol. The van der Waals surface area contributed by atoms with Crippen LogP contribution in [0.1, 0.15) is 32.8 Å². The maximum atomic E-state index is 11.9. The topological polar surface area (TPSA) is 46.2 Å². The minimum absolute atomic E-state index is 0.0243. The second-order valence-electron chi connectivity index (χ2n) is 5.70. The first-order chi connectivity index (χ1) is 8.09. The molecule has 102 valence electrons.